The van der Waals surface area contributed by atoms with Crippen molar-refractivity contribution in [3.63, 3.8) is 0 Å². The molecular weight excluding hydrogens is 344 g/mol. The summed E-state index contributed by atoms with van der Waals surface area (Å²) in [6.45, 7) is 3.56. The van der Waals surface area contributed by atoms with E-state index in [1.165, 1.54) is 11.4 Å². The molecule has 0 bridgehead atoms. The molecule has 1 amide bonds. The van der Waals surface area contributed by atoms with Crippen LogP contribution in [0.1, 0.15) is 30.1 Å². The van der Waals surface area contributed by atoms with Crippen LogP contribution in [0, 0.1) is 0 Å². The second-order valence-electron chi connectivity index (χ2n) is 5.93. The Morgan fingerprint density at radius 2 is 1.80 bits per heavy atom. The topological polar surface area (TPSA) is 76.2 Å². The highest BCUT2D eigenvalue weighted by molar-refractivity contribution is 7.89. The number of carbonyl (C=O) groups is 1. The molecule has 0 atom stereocenters. The molecule has 8 heteroatoms. The van der Waals surface area contributed by atoms with Gasteiger partial charge in [-0.05, 0) is 31.0 Å². The number of nitrogens with zero attached hydrogens (tertiary/aromatic N) is 2. The third-order valence-electron chi connectivity index (χ3n) is 4.23. The summed E-state index contributed by atoms with van der Waals surface area (Å²) in [6, 6.07) is 5.04. The van der Waals surface area contributed by atoms with Crippen molar-refractivity contribution < 1.29 is 22.7 Å². The van der Waals surface area contributed by atoms with Crippen molar-refractivity contribution in [1.29, 1.82) is 0 Å². The summed E-state index contributed by atoms with van der Waals surface area (Å²) < 4.78 is 36.4. The van der Waals surface area contributed by atoms with Crippen molar-refractivity contribution >= 4 is 15.9 Å². The molecule has 2 rings (SSSR count). The normalized spacial score (nSPS) is 16.4. The Morgan fingerprint density at radius 1 is 1.08 bits per heavy atom. The molecule has 1 saturated heterocycles. The minimum absolute atomic E-state index is 0.129. The van der Waals surface area contributed by atoms with Crippen LogP contribution in [-0.2, 0) is 10.0 Å². The Labute approximate surface area is 149 Å². The van der Waals surface area contributed by atoms with E-state index < -0.39 is 10.0 Å². The van der Waals surface area contributed by atoms with Gasteiger partial charge in [-0.2, -0.15) is 0 Å². The van der Waals surface area contributed by atoms with Crippen LogP contribution >= 0.6 is 0 Å². The first-order valence-corrected chi connectivity index (χ1v) is 10.0. The van der Waals surface area contributed by atoms with Gasteiger partial charge in [-0.15, -0.1) is 0 Å². The van der Waals surface area contributed by atoms with E-state index in [0.717, 1.165) is 0 Å². The van der Waals surface area contributed by atoms with Gasteiger partial charge in [0, 0.05) is 31.7 Å². The number of rotatable bonds is 6. The Kier molecular flexibility index (Phi) is 6.66. The molecule has 1 aliphatic rings. The first-order chi connectivity index (χ1) is 11.9. The second kappa shape index (κ2) is 8.53. The van der Waals surface area contributed by atoms with Crippen molar-refractivity contribution in [3.8, 4) is 11.5 Å². The number of ether oxygens (including phenoxy) is 2. The van der Waals surface area contributed by atoms with E-state index >= 15 is 0 Å². The maximum absolute atomic E-state index is 12.8. The monoisotopic (exact) mass is 370 g/mol. The molecule has 1 heterocycles. The van der Waals surface area contributed by atoms with E-state index in [0.29, 0.717) is 56.1 Å². The second-order valence-corrected chi connectivity index (χ2v) is 8.02. The predicted octanol–water partition coefficient (Wildman–Crippen LogP) is 1.59. The Bertz CT molecular complexity index is 705. The maximum Gasteiger partial charge on any atom is 0.254 e. The summed E-state index contributed by atoms with van der Waals surface area (Å²) in [4.78, 5) is 14.5. The standard InChI is InChI=1S/C17H26N2O5S/c1-4-12-25(21,22)19-9-5-8-18(10-11-19)17(20)14-6-7-15(23-2)16(13-14)24-3/h6-7,13H,4-5,8-12H2,1-3H3. The average molecular weight is 370 g/mol. The van der Waals surface area contributed by atoms with Gasteiger partial charge >= 0.3 is 0 Å². The van der Waals surface area contributed by atoms with Crippen molar-refractivity contribution in [2.24, 2.45) is 0 Å². The third-order valence-corrected chi connectivity index (χ3v) is 6.30. The first-order valence-electron chi connectivity index (χ1n) is 8.42. The van der Waals surface area contributed by atoms with E-state index in [1.54, 1.807) is 30.2 Å². The fourth-order valence-corrected chi connectivity index (χ4v) is 4.46. The Balaban J connectivity index is 2.11. The van der Waals surface area contributed by atoms with E-state index in [1.807, 2.05) is 6.92 Å². The smallest absolute Gasteiger partial charge is 0.254 e. The van der Waals surface area contributed by atoms with Gasteiger partial charge in [0.2, 0.25) is 10.0 Å². The number of hydrogen-bond acceptors (Lipinski definition) is 5. The molecule has 1 fully saturated rings. The Hall–Kier alpha value is -1.80. The molecule has 0 spiro atoms. The zero-order chi connectivity index (χ0) is 18.4. The van der Waals surface area contributed by atoms with Gasteiger partial charge in [0.1, 0.15) is 0 Å². The highest BCUT2D eigenvalue weighted by Crippen LogP contribution is 2.28. The van der Waals surface area contributed by atoms with Gasteiger partial charge in [0.25, 0.3) is 5.91 Å². The molecule has 1 aliphatic heterocycles. The van der Waals surface area contributed by atoms with Crippen molar-refractivity contribution in [1.82, 2.24) is 9.21 Å². The molecule has 0 aromatic heterocycles. The summed E-state index contributed by atoms with van der Waals surface area (Å²) in [5.74, 6) is 1.08. The van der Waals surface area contributed by atoms with Crippen LogP contribution in [0.3, 0.4) is 0 Å². The summed E-state index contributed by atoms with van der Waals surface area (Å²) in [6.07, 6.45) is 1.22. The van der Waals surface area contributed by atoms with Crippen molar-refractivity contribution in [2.75, 3.05) is 46.2 Å². The molecule has 0 radical (unpaired) electrons. The van der Waals surface area contributed by atoms with Crippen LogP contribution in [0.5, 0.6) is 11.5 Å². The summed E-state index contributed by atoms with van der Waals surface area (Å²) >= 11 is 0. The lowest BCUT2D eigenvalue weighted by Gasteiger charge is -2.22. The fourth-order valence-electron chi connectivity index (χ4n) is 2.91. The predicted molar refractivity (Wildman–Crippen MR) is 95.7 cm³/mol. The molecule has 1 aromatic rings. The number of methoxy groups -OCH3 is 2. The number of sulfonamides is 1. The van der Waals surface area contributed by atoms with Gasteiger partial charge in [0.15, 0.2) is 11.5 Å². The summed E-state index contributed by atoms with van der Waals surface area (Å²) in [5, 5.41) is 0. The van der Waals surface area contributed by atoms with Crippen LogP contribution in [0.25, 0.3) is 0 Å². The highest BCUT2D eigenvalue weighted by Gasteiger charge is 2.26. The number of benzene rings is 1. The van der Waals surface area contributed by atoms with E-state index in [-0.39, 0.29) is 11.7 Å². The van der Waals surface area contributed by atoms with E-state index in [2.05, 4.69) is 0 Å². The number of hydrogen-bond donors (Lipinski definition) is 0. The molecule has 25 heavy (non-hydrogen) atoms. The molecule has 0 unspecified atom stereocenters. The van der Waals surface area contributed by atoms with Gasteiger partial charge in [-0.3, -0.25) is 4.79 Å². The lowest BCUT2D eigenvalue weighted by atomic mass is 10.1. The minimum atomic E-state index is -3.23. The summed E-state index contributed by atoms with van der Waals surface area (Å²) in [7, 11) is -0.168. The van der Waals surface area contributed by atoms with Crippen LogP contribution in [0.15, 0.2) is 18.2 Å². The van der Waals surface area contributed by atoms with Crippen LogP contribution in [0.4, 0.5) is 0 Å². The van der Waals surface area contributed by atoms with E-state index in [4.69, 9.17) is 9.47 Å². The minimum Gasteiger partial charge on any atom is -0.493 e. The molecular formula is C17H26N2O5S. The largest absolute Gasteiger partial charge is 0.493 e. The molecule has 0 saturated carbocycles. The lowest BCUT2D eigenvalue weighted by Crippen LogP contribution is -2.38. The zero-order valence-corrected chi connectivity index (χ0v) is 15.8. The first kappa shape index (κ1) is 19.5. The summed E-state index contributed by atoms with van der Waals surface area (Å²) in [5.41, 5.74) is 0.502. The van der Waals surface area contributed by atoms with Crippen molar-refractivity contribution in [3.05, 3.63) is 23.8 Å². The molecule has 7 nitrogen and oxygen atoms in total. The zero-order valence-electron chi connectivity index (χ0n) is 15.0. The molecule has 0 aliphatic carbocycles. The van der Waals surface area contributed by atoms with Crippen LogP contribution < -0.4 is 9.47 Å². The van der Waals surface area contributed by atoms with Crippen LogP contribution in [-0.4, -0.2) is 69.7 Å². The lowest BCUT2D eigenvalue weighted by molar-refractivity contribution is 0.0764. The van der Waals surface area contributed by atoms with E-state index in [9.17, 15) is 13.2 Å². The molecule has 140 valence electrons. The number of amides is 1. The molecule has 0 N–H and O–H groups in total. The number of carbonyl (C=O) groups excluding carboxylic acids is 1. The molecule has 1 aromatic carbocycles. The Morgan fingerprint density at radius 3 is 2.44 bits per heavy atom. The van der Waals surface area contributed by atoms with Crippen molar-refractivity contribution in [2.45, 2.75) is 19.8 Å². The maximum atomic E-state index is 12.8. The van der Waals surface area contributed by atoms with Gasteiger partial charge in [-0.1, -0.05) is 6.92 Å². The van der Waals surface area contributed by atoms with Crippen LogP contribution in [0.2, 0.25) is 0 Å². The SMILES string of the molecule is CCCS(=O)(=O)N1CCCN(C(=O)c2ccc(OC)c(OC)c2)CC1. The van der Waals surface area contributed by atoms with Gasteiger partial charge < -0.3 is 14.4 Å². The average Bonchev–Trinajstić information content (AvgIpc) is 2.87. The fraction of sp³-hybridized carbons (Fsp3) is 0.588. The van der Waals surface area contributed by atoms with Gasteiger partial charge in [0.05, 0.1) is 20.0 Å². The van der Waals surface area contributed by atoms with Gasteiger partial charge in [-0.25, -0.2) is 12.7 Å². The quantitative estimate of drug-likeness (QED) is 0.760. The highest BCUT2D eigenvalue weighted by atomic mass is 32.2. The third kappa shape index (κ3) is 4.64.